The first-order chi connectivity index (χ1) is 18.3. The highest BCUT2D eigenvalue weighted by molar-refractivity contribution is 6.47. The SMILES string of the molecule is CC(C1=CC=C(C(=O)NCCC(=O)O)CC1)N1C(=O)C(c2cccc(Cl)c2F)=NC12CCC(C(C)(C)C)CC2. The lowest BCUT2D eigenvalue weighted by Gasteiger charge is -2.47. The van der Waals surface area contributed by atoms with E-state index in [1.807, 2.05) is 17.9 Å². The number of carbonyl (C=O) groups is 3. The van der Waals surface area contributed by atoms with Gasteiger partial charge in [-0.1, -0.05) is 50.6 Å². The fourth-order valence-corrected chi connectivity index (χ4v) is 6.24. The molecule has 1 atom stereocenters. The molecule has 9 heteroatoms. The van der Waals surface area contributed by atoms with Gasteiger partial charge in [-0.25, -0.2) is 4.39 Å². The Morgan fingerprint density at radius 2 is 1.92 bits per heavy atom. The van der Waals surface area contributed by atoms with Gasteiger partial charge >= 0.3 is 5.97 Å². The number of halogens is 2. The summed E-state index contributed by atoms with van der Waals surface area (Å²) in [5.74, 6) is -1.70. The third kappa shape index (κ3) is 5.96. The average Bonchev–Trinajstić information content (AvgIpc) is 3.15. The molecule has 1 saturated carbocycles. The quantitative estimate of drug-likeness (QED) is 0.451. The average molecular weight is 558 g/mol. The first-order valence-corrected chi connectivity index (χ1v) is 14.0. The van der Waals surface area contributed by atoms with Crippen LogP contribution in [-0.4, -0.2) is 51.8 Å². The lowest BCUT2D eigenvalue weighted by molar-refractivity contribution is -0.137. The van der Waals surface area contributed by atoms with Gasteiger partial charge in [0.2, 0.25) is 5.91 Å². The van der Waals surface area contributed by atoms with Crippen LogP contribution in [0.4, 0.5) is 4.39 Å². The van der Waals surface area contributed by atoms with Gasteiger partial charge in [0.15, 0.2) is 5.82 Å². The zero-order valence-corrected chi connectivity index (χ0v) is 23.8. The molecule has 0 bridgehead atoms. The Morgan fingerprint density at radius 3 is 2.51 bits per heavy atom. The smallest absolute Gasteiger partial charge is 0.305 e. The van der Waals surface area contributed by atoms with E-state index in [1.165, 1.54) is 6.07 Å². The number of carbonyl (C=O) groups excluding carboxylic acids is 2. The molecule has 3 aliphatic rings. The summed E-state index contributed by atoms with van der Waals surface area (Å²) in [6.07, 6.45) is 7.74. The second-order valence-electron chi connectivity index (χ2n) is 11.9. The van der Waals surface area contributed by atoms with Crippen molar-refractivity contribution in [1.29, 1.82) is 0 Å². The molecule has 1 aromatic carbocycles. The minimum absolute atomic E-state index is 0.0470. The second-order valence-corrected chi connectivity index (χ2v) is 12.3. The molecule has 0 aromatic heterocycles. The molecule has 2 N–H and O–H groups in total. The fraction of sp³-hybridized carbons (Fsp3) is 0.533. The predicted molar refractivity (Wildman–Crippen MR) is 149 cm³/mol. The highest BCUT2D eigenvalue weighted by atomic mass is 35.5. The van der Waals surface area contributed by atoms with Crippen molar-refractivity contribution >= 4 is 35.1 Å². The number of benzene rings is 1. The number of amides is 2. The van der Waals surface area contributed by atoms with Crippen molar-refractivity contribution in [2.45, 2.75) is 84.3 Å². The van der Waals surface area contributed by atoms with Crippen molar-refractivity contribution < 1.29 is 23.9 Å². The molecular weight excluding hydrogens is 521 g/mol. The Balaban J connectivity index is 1.62. The van der Waals surface area contributed by atoms with Gasteiger partial charge in [-0.05, 0) is 74.5 Å². The van der Waals surface area contributed by atoms with Crippen molar-refractivity contribution in [2.75, 3.05) is 6.54 Å². The number of nitrogens with one attached hydrogen (secondary N) is 1. The largest absolute Gasteiger partial charge is 0.481 e. The van der Waals surface area contributed by atoms with Gasteiger partial charge < -0.3 is 15.3 Å². The molecule has 1 aliphatic heterocycles. The van der Waals surface area contributed by atoms with Crippen molar-refractivity contribution in [2.24, 2.45) is 16.3 Å². The van der Waals surface area contributed by atoms with Gasteiger partial charge in [0, 0.05) is 17.7 Å². The number of carboxylic acids is 1. The van der Waals surface area contributed by atoms with E-state index in [2.05, 4.69) is 26.1 Å². The lowest BCUT2D eigenvalue weighted by atomic mass is 9.69. The molecule has 7 nitrogen and oxygen atoms in total. The Labute approximate surface area is 234 Å². The summed E-state index contributed by atoms with van der Waals surface area (Å²) < 4.78 is 15.1. The molecule has 2 aliphatic carbocycles. The zero-order chi connectivity index (χ0) is 28.5. The third-order valence-electron chi connectivity index (χ3n) is 8.43. The van der Waals surface area contributed by atoms with E-state index >= 15 is 4.39 Å². The van der Waals surface area contributed by atoms with Gasteiger partial charge in [-0.15, -0.1) is 0 Å². The maximum Gasteiger partial charge on any atom is 0.305 e. The highest BCUT2D eigenvalue weighted by Gasteiger charge is 2.52. The summed E-state index contributed by atoms with van der Waals surface area (Å²) in [5, 5.41) is 11.4. The Morgan fingerprint density at radius 1 is 1.23 bits per heavy atom. The molecule has 0 saturated heterocycles. The van der Waals surface area contributed by atoms with Gasteiger partial charge in [0.25, 0.3) is 5.91 Å². The maximum atomic E-state index is 15.1. The van der Waals surface area contributed by atoms with Crippen molar-refractivity contribution in [3.8, 4) is 0 Å². The van der Waals surface area contributed by atoms with Crippen LogP contribution in [0.3, 0.4) is 0 Å². The molecule has 210 valence electrons. The van der Waals surface area contributed by atoms with Gasteiger partial charge in [-0.3, -0.25) is 19.4 Å². The van der Waals surface area contributed by atoms with Crippen LogP contribution in [0.15, 0.2) is 46.5 Å². The summed E-state index contributed by atoms with van der Waals surface area (Å²) in [7, 11) is 0. The summed E-state index contributed by atoms with van der Waals surface area (Å²) in [6, 6.07) is 4.33. The van der Waals surface area contributed by atoms with E-state index in [-0.39, 0.29) is 52.5 Å². The van der Waals surface area contributed by atoms with Crippen molar-refractivity contribution in [3.63, 3.8) is 0 Å². The Bertz CT molecular complexity index is 1260. The Kier molecular flexibility index (Phi) is 8.36. The standard InChI is InChI=1S/C30H37ClFN3O4/c1-18(19-8-10-20(11-9-19)27(38)33-17-14-24(36)37)35-28(39)26(22-6-5-7-23(31)25(22)32)34-30(35)15-12-21(13-16-30)29(2,3)4/h5-8,10,18,21H,9,11-17H2,1-4H3,(H,33,38)(H,36,37). The third-order valence-corrected chi connectivity index (χ3v) is 8.72. The van der Waals surface area contributed by atoms with E-state index < -0.39 is 17.4 Å². The van der Waals surface area contributed by atoms with Gasteiger partial charge in [-0.2, -0.15) is 0 Å². The van der Waals surface area contributed by atoms with Crippen LogP contribution in [-0.2, 0) is 14.4 Å². The number of hydrogen-bond acceptors (Lipinski definition) is 4. The Hall–Kier alpha value is -3.00. The van der Waals surface area contributed by atoms with Gasteiger partial charge in [0.05, 0.1) is 17.5 Å². The zero-order valence-electron chi connectivity index (χ0n) is 23.0. The molecule has 2 amide bonds. The van der Waals surface area contributed by atoms with Crippen LogP contribution in [0.5, 0.6) is 0 Å². The number of aliphatic imine (C=N–C) groups is 1. The minimum atomic E-state index is -0.969. The first-order valence-electron chi connectivity index (χ1n) is 13.6. The normalized spacial score (nSPS) is 24.3. The summed E-state index contributed by atoms with van der Waals surface area (Å²) in [6.45, 7) is 8.75. The number of aliphatic carboxylic acids is 1. The van der Waals surface area contributed by atoms with Crippen LogP contribution in [0.2, 0.25) is 5.02 Å². The lowest BCUT2D eigenvalue weighted by Crippen LogP contribution is -2.54. The molecule has 1 fully saturated rings. The van der Waals surface area contributed by atoms with E-state index in [0.29, 0.717) is 37.2 Å². The fourth-order valence-electron chi connectivity index (χ4n) is 6.06. The summed E-state index contributed by atoms with van der Waals surface area (Å²) in [5.41, 5.74) is 1.18. The maximum absolute atomic E-state index is 15.1. The highest BCUT2D eigenvalue weighted by Crippen LogP contribution is 2.48. The number of rotatable bonds is 7. The molecule has 1 spiro atoms. The molecule has 4 rings (SSSR count). The molecule has 1 unspecified atom stereocenters. The van der Waals surface area contributed by atoms with Gasteiger partial charge in [0.1, 0.15) is 11.4 Å². The summed E-state index contributed by atoms with van der Waals surface area (Å²) >= 11 is 6.06. The van der Waals surface area contributed by atoms with E-state index in [0.717, 1.165) is 18.4 Å². The van der Waals surface area contributed by atoms with E-state index in [1.54, 1.807) is 18.2 Å². The first kappa shape index (κ1) is 29.0. The van der Waals surface area contributed by atoms with E-state index in [4.69, 9.17) is 21.7 Å². The molecular formula is C30H37ClFN3O4. The number of nitrogens with zero attached hydrogens (tertiary/aromatic N) is 2. The number of carboxylic acid groups (broad SMARTS) is 1. The van der Waals surface area contributed by atoms with Crippen molar-refractivity contribution in [1.82, 2.24) is 10.2 Å². The monoisotopic (exact) mass is 557 g/mol. The van der Waals surface area contributed by atoms with Crippen LogP contribution in [0, 0.1) is 17.2 Å². The van der Waals surface area contributed by atoms with Crippen molar-refractivity contribution in [3.05, 3.63) is 57.9 Å². The summed E-state index contributed by atoms with van der Waals surface area (Å²) in [4.78, 5) is 44.0. The molecule has 0 radical (unpaired) electrons. The molecule has 1 aromatic rings. The predicted octanol–water partition coefficient (Wildman–Crippen LogP) is 5.67. The van der Waals surface area contributed by atoms with Crippen LogP contribution < -0.4 is 5.32 Å². The molecule has 39 heavy (non-hydrogen) atoms. The van der Waals surface area contributed by atoms with E-state index in [9.17, 15) is 14.4 Å². The number of hydrogen-bond donors (Lipinski definition) is 2. The van der Waals surface area contributed by atoms with Crippen LogP contribution in [0.25, 0.3) is 0 Å². The second kappa shape index (κ2) is 11.2. The topological polar surface area (TPSA) is 99.1 Å². The minimum Gasteiger partial charge on any atom is -0.481 e. The molecule has 1 heterocycles. The number of allylic oxidation sites excluding steroid dienone is 2. The van der Waals surface area contributed by atoms with Crippen LogP contribution >= 0.6 is 11.6 Å². The van der Waals surface area contributed by atoms with Crippen LogP contribution in [0.1, 0.15) is 78.2 Å².